The van der Waals surface area contributed by atoms with E-state index in [-0.39, 0.29) is 5.56 Å². The van der Waals surface area contributed by atoms with Gasteiger partial charge in [-0.25, -0.2) is 4.98 Å². The molecule has 1 aliphatic carbocycles. The molecule has 0 unspecified atom stereocenters. The summed E-state index contributed by atoms with van der Waals surface area (Å²) in [7, 11) is 0. The van der Waals surface area contributed by atoms with Gasteiger partial charge in [-0.2, -0.15) is 0 Å². The van der Waals surface area contributed by atoms with E-state index in [1.165, 1.54) is 12.8 Å². The highest BCUT2D eigenvalue weighted by atomic mass is 35.5. The van der Waals surface area contributed by atoms with Gasteiger partial charge in [0.2, 0.25) is 0 Å². The third kappa shape index (κ3) is 2.80. The first kappa shape index (κ1) is 12.6. The zero-order valence-electron chi connectivity index (χ0n) is 10.8. The first-order valence-electron chi connectivity index (χ1n) is 6.45. The van der Waals surface area contributed by atoms with Gasteiger partial charge >= 0.3 is 0 Å². The second-order valence-electron chi connectivity index (χ2n) is 5.59. The fourth-order valence-corrected chi connectivity index (χ4v) is 2.28. The molecule has 1 aromatic carbocycles. The molecule has 2 N–H and O–H groups in total. The molecule has 0 bridgehead atoms. The van der Waals surface area contributed by atoms with E-state index in [4.69, 9.17) is 11.6 Å². The Kier molecular flexibility index (Phi) is 3.07. The van der Waals surface area contributed by atoms with Gasteiger partial charge in [0.1, 0.15) is 5.82 Å². The van der Waals surface area contributed by atoms with E-state index in [0.29, 0.717) is 33.7 Å². The molecule has 0 aliphatic heterocycles. The largest absolute Gasteiger partial charge is 0.309 e. The van der Waals surface area contributed by atoms with Crippen molar-refractivity contribution >= 4 is 22.5 Å². The van der Waals surface area contributed by atoms with Gasteiger partial charge in [0.15, 0.2) is 0 Å². The van der Waals surface area contributed by atoms with E-state index < -0.39 is 0 Å². The van der Waals surface area contributed by atoms with Crippen LogP contribution >= 0.6 is 11.6 Å². The molecule has 1 saturated carbocycles. The van der Waals surface area contributed by atoms with E-state index in [0.717, 1.165) is 6.54 Å². The molecule has 100 valence electrons. The van der Waals surface area contributed by atoms with Crippen LogP contribution in [-0.4, -0.2) is 16.5 Å². The molecule has 1 aromatic heterocycles. The van der Waals surface area contributed by atoms with Crippen molar-refractivity contribution in [3.05, 3.63) is 39.4 Å². The summed E-state index contributed by atoms with van der Waals surface area (Å²) in [6.45, 7) is 3.80. The maximum atomic E-state index is 11.9. The zero-order valence-corrected chi connectivity index (χ0v) is 11.5. The minimum atomic E-state index is -0.115. The van der Waals surface area contributed by atoms with Crippen LogP contribution in [0, 0.1) is 5.41 Å². The lowest BCUT2D eigenvalue weighted by Crippen LogP contribution is -2.24. The van der Waals surface area contributed by atoms with Crippen molar-refractivity contribution in [2.45, 2.75) is 26.3 Å². The van der Waals surface area contributed by atoms with Gasteiger partial charge in [-0.05, 0) is 36.5 Å². The van der Waals surface area contributed by atoms with E-state index in [2.05, 4.69) is 22.2 Å². The highest BCUT2D eigenvalue weighted by molar-refractivity contribution is 6.31. The Morgan fingerprint density at radius 3 is 3.00 bits per heavy atom. The molecule has 0 radical (unpaired) electrons. The number of rotatable bonds is 4. The first-order valence-corrected chi connectivity index (χ1v) is 6.83. The Balaban J connectivity index is 1.81. The number of halogens is 1. The average molecular weight is 278 g/mol. The zero-order chi connectivity index (χ0) is 13.5. The molecule has 0 spiro atoms. The fraction of sp³-hybridized carbons (Fsp3) is 0.429. The van der Waals surface area contributed by atoms with Gasteiger partial charge in [0, 0.05) is 11.6 Å². The summed E-state index contributed by atoms with van der Waals surface area (Å²) in [5, 5.41) is 4.51. The second kappa shape index (κ2) is 4.62. The topological polar surface area (TPSA) is 57.8 Å². The van der Waals surface area contributed by atoms with Crippen molar-refractivity contribution in [3.8, 4) is 0 Å². The predicted molar refractivity (Wildman–Crippen MR) is 76.4 cm³/mol. The third-order valence-electron chi connectivity index (χ3n) is 3.67. The van der Waals surface area contributed by atoms with E-state index in [1.54, 1.807) is 18.2 Å². The van der Waals surface area contributed by atoms with Crippen molar-refractivity contribution in [3.63, 3.8) is 0 Å². The fourth-order valence-electron chi connectivity index (χ4n) is 2.12. The molecular weight excluding hydrogens is 262 g/mol. The summed E-state index contributed by atoms with van der Waals surface area (Å²) in [4.78, 5) is 19.2. The Labute approximate surface area is 116 Å². The number of nitrogens with zero attached hydrogens (tertiary/aromatic N) is 1. The number of aromatic nitrogens is 2. The number of aromatic amines is 1. The molecule has 19 heavy (non-hydrogen) atoms. The van der Waals surface area contributed by atoms with E-state index in [1.807, 2.05) is 0 Å². The average Bonchev–Trinajstić information content (AvgIpc) is 3.06. The smallest absolute Gasteiger partial charge is 0.258 e. The van der Waals surface area contributed by atoms with Gasteiger partial charge in [-0.15, -0.1) is 0 Å². The van der Waals surface area contributed by atoms with Crippen molar-refractivity contribution in [2.24, 2.45) is 5.41 Å². The third-order valence-corrected chi connectivity index (χ3v) is 3.90. The molecule has 0 saturated heterocycles. The quantitative estimate of drug-likeness (QED) is 0.903. The van der Waals surface area contributed by atoms with Crippen LogP contribution in [0.5, 0.6) is 0 Å². The molecule has 3 rings (SSSR count). The maximum Gasteiger partial charge on any atom is 0.258 e. The highest BCUT2D eigenvalue weighted by Gasteiger charge is 2.36. The molecule has 1 fully saturated rings. The van der Waals surface area contributed by atoms with Crippen molar-refractivity contribution in [2.75, 3.05) is 6.54 Å². The van der Waals surface area contributed by atoms with Gasteiger partial charge in [0.25, 0.3) is 5.56 Å². The van der Waals surface area contributed by atoms with Crippen LogP contribution < -0.4 is 10.9 Å². The molecule has 0 amide bonds. The lowest BCUT2D eigenvalue weighted by molar-refractivity contribution is 0.493. The number of hydrogen-bond donors (Lipinski definition) is 2. The second-order valence-corrected chi connectivity index (χ2v) is 6.02. The number of H-pyrrole nitrogens is 1. The molecule has 1 heterocycles. The van der Waals surface area contributed by atoms with E-state index >= 15 is 0 Å². The van der Waals surface area contributed by atoms with Crippen LogP contribution in [0.2, 0.25) is 5.02 Å². The normalized spacial score (nSPS) is 16.7. The summed E-state index contributed by atoms with van der Waals surface area (Å²) in [5.74, 6) is 0.656. The number of benzene rings is 1. The summed E-state index contributed by atoms with van der Waals surface area (Å²) in [6.07, 6.45) is 2.55. The summed E-state index contributed by atoms with van der Waals surface area (Å²) < 4.78 is 0. The Hall–Kier alpha value is -1.39. The Bertz CT molecular complexity index is 676. The van der Waals surface area contributed by atoms with Gasteiger partial charge < -0.3 is 10.3 Å². The Morgan fingerprint density at radius 2 is 2.26 bits per heavy atom. The predicted octanol–water partition coefficient (Wildman–Crippen LogP) is 2.47. The van der Waals surface area contributed by atoms with Gasteiger partial charge in [-0.3, -0.25) is 4.79 Å². The highest BCUT2D eigenvalue weighted by Crippen LogP contribution is 2.44. The number of nitrogens with one attached hydrogen (secondary N) is 2. The van der Waals surface area contributed by atoms with Gasteiger partial charge in [-0.1, -0.05) is 18.5 Å². The molecule has 0 atom stereocenters. The molecule has 4 nitrogen and oxygen atoms in total. The van der Waals surface area contributed by atoms with Gasteiger partial charge in [0.05, 0.1) is 17.4 Å². The lowest BCUT2D eigenvalue weighted by Gasteiger charge is -2.09. The van der Waals surface area contributed by atoms with Crippen LogP contribution in [0.1, 0.15) is 25.6 Å². The van der Waals surface area contributed by atoms with Crippen molar-refractivity contribution in [1.82, 2.24) is 15.3 Å². The molecule has 5 heteroatoms. The van der Waals surface area contributed by atoms with Crippen molar-refractivity contribution < 1.29 is 0 Å². The maximum absolute atomic E-state index is 11.9. The molecular formula is C14H16ClN3O. The SMILES string of the molecule is CC1(CNCc2nc3cc(Cl)ccc3c(=O)[nH]2)CC1. The number of fused-ring (bicyclic) bond motifs is 1. The van der Waals surface area contributed by atoms with Crippen molar-refractivity contribution in [1.29, 1.82) is 0 Å². The molecule has 1 aliphatic rings. The van der Waals surface area contributed by atoms with Crippen LogP contribution in [0.4, 0.5) is 0 Å². The summed E-state index contributed by atoms with van der Waals surface area (Å²) in [5.41, 5.74) is 0.974. The standard InChI is InChI=1S/C14H16ClN3O/c1-14(4-5-14)8-16-7-12-17-11-6-9(15)2-3-10(11)13(19)18-12/h2-3,6,16H,4-5,7-8H2,1H3,(H,17,18,19). The van der Waals surface area contributed by atoms with Crippen LogP contribution in [0.3, 0.4) is 0 Å². The summed E-state index contributed by atoms with van der Waals surface area (Å²) in [6, 6.07) is 5.12. The minimum Gasteiger partial charge on any atom is -0.309 e. The number of hydrogen-bond acceptors (Lipinski definition) is 3. The summed E-state index contributed by atoms with van der Waals surface area (Å²) >= 11 is 5.93. The van der Waals surface area contributed by atoms with Crippen LogP contribution in [-0.2, 0) is 6.54 Å². The Morgan fingerprint density at radius 1 is 1.47 bits per heavy atom. The van der Waals surface area contributed by atoms with E-state index in [9.17, 15) is 4.79 Å². The minimum absolute atomic E-state index is 0.115. The van der Waals surface area contributed by atoms with Crippen LogP contribution in [0.15, 0.2) is 23.0 Å². The first-order chi connectivity index (χ1) is 9.06. The molecule has 2 aromatic rings. The lowest BCUT2D eigenvalue weighted by atomic mass is 10.1. The monoisotopic (exact) mass is 277 g/mol. The van der Waals surface area contributed by atoms with Crippen LogP contribution in [0.25, 0.3) is 10.9 Å².